The maximum atomic E-state index is 12.6. The van der Waals surface area contributed by atoms with E-state index in [9.17, 15) is 4.79 Å². The smallest absolute Gasteiger partial charge is 0.259 e. The summed E-state index contributed by atoms with van der Waals surface area (Å²) in [4.78, 5) is 12.6. The second kappa shape index (κ2) is 8.53. The van der Waals surface area contributed by atoms with Crippen LogP contribution in [0.1, 0.15) is 10.4 Å². The Labute approximate surface area is 171 Å². The highest BCUT2D eigenvalue weighted by atomic mass is 35.5. The van der Waals surface area contributed by atoms with E-state index in [1.807, 2.05) is 0 Å². The average molecular weight is 423 g/mol. The zero-order valence-corrected chi connectivity index (χ0v) is 16.4. The molecule has 3 aromatic rings. The van der Waals surface area contributed by atoms with Gasteiger partial charge in [0.2, 0.25) is 0 Å². The van der Waals surface area contributed by atoms with Crippen molar-refractivity contribution >= 4 is 46.4 Å². The molecule has 1 amide bonds. The van der Waals surface area contributed by atoms with Crippen LogP contribution in [0, 0.1) is 0 Å². The molecule has 0 spiro atoms. The minimum atomic E-state index is -0.386. The molecule has 27 heavy (non-hydrogen) atoms. The van der Waals surface area contributed by atoms with Crippen LogP contribution in [-0.2, 0) is 0 Å². The van der Waals surface area contributed by atoms with Crippen LogP contribution in [0.2, 0.25) is 15.1 Å². The molecule has 0 fully saturated rings. The predicted octanol–water partition coefficient (Wildman–Crippen LogP) is 6.70. The van der Waals surface area contributed by atoms with Crippen molar-refractivity contribution in [2.45, 2.75) is 0 Å². The molecule has 0 aromatic heterocycles. The van der Waals surface area contributed by atoms with E-state index in [1.165, 1.54) is 19.2 Å². The molecular formula is C20H14Cl3NO3. The molecule has 0 saturated carbocycles. The largest absolute Gasteiger partial charge is 0.494 e. The van der Waals surface area contributed by atoms with Crippen molar-refractivity contribution in [3.8, 4) is 17.2 Å². The first-order valence-corrected chi connectivity index (χ1v) is 8.97. The molecule has 0 aliphatic rings. The molecule has 4 nitrogen and oxygen atoms in total. The van der Waals surface area contributed by atoms with Gasteiger partial charge in [-0.3, -0.25) is 4.79 Å². The summed E-state index contributed by atoms with van der Waals surface area (Å²) in [6, 6.07) is 17.0. The van der Waals surface area contributed by atoms with Gasteiger partial charge < -0.3 is 14.8 Å². The van der Waals surface area contributed by atoms with E-state index in [1.54, 1.807) is 48.5 Å². The van der Waals surface area contributed by atoms with E-state index < -0.39 is 0 Å². The molecule has 0 aliphatic heterocycles. The van der Waals surface area contributed by atoms with Crippen LogP contribution < -0.4 is 14.8 Å². The molecule has 3 aromatic carbocycles. The summed E-state index contributed by atoms with van der Waals surface area (Å²) in [7, 11) is 1.44. The third kappa shape index (κ3) is 4.86. The second-order valence-electron chi connectivity index (χ2n) is 5.50. The Morgan fingerprint density at radius 3 is 2.04 bits per heavy atom. The summed E-state index contributed by atoms with van der Waals surface area (Å²) in [6.07, 6.45) is 0. The molecule has 0 saturated heterocycles. The van der Waals surface area contributed by atoms with Crippen molar-refractivity contribution in [2.75, 3.05) is 12.4 Å². The lowest BCUT2D eigenvalue weighted by molar-refractivity contribution is 0.102. The number of carbonyl (C=O) groups excluding carboxylic acids is 1. The highest BCUT2D eigenvalue weighted by Crippen LogP contribution is 2.33. The van der Waals surface area contributed by atoms with Crippen molar-refractivity contribution < 1.29 is 14.3 Å². The van der Waals surface area contributed by atoms with E-state index in [4.69, 9.17) is 44.3 Å². The van der Waals surface area contributed by atoms with Crippen molar-refractivity contribution in [3.05, 3.63) is 81.3 Å². The zero-order chi connectivity index (χ0) is 19.4. The van der Waals surface area contributed by atoms with E-state index in [-0.39, 0.29) is 22.2 Å². The lowest BCUT2D eigenvalue weighted by Crippen LogP contribution is -2.13. The second-order valence-corrected chi connectivity index (χ2v) is 6.78. The SMILES string of the molecule is COc1c(Cl)cc(Cl)cc1C(=O)Nc1ccc(Oc2ccc(Cl)cc2)cc1. The Hall–Kier alpha value is -2.40. The van der Waals surface area contributed by atoms with E-state index in [0.717, 1.165) is 0 Å². The van der Waals surface area contributed by atoms with E-state index >= 15 is 0 Å². The zero-order valence-electron chi connectivity index (χ0n) is 14.1. The number of hydrogen-bond acceptors (Lipinski definition) is 3. The molecule has 0 bridgehead atoms. The lowest BCUT2D eigenvalue weighted by atomic mass is 10.1. The Morgan fingerprint density at radius 1 is 0.852 bits per heavy atom. The van der Waals surface area contributed by atoms with E-state index in [0.29, 0.717) is 27.2 Å². The Balaban J connectivity index is 1.73. The van der Waals surface area contributed by atoms with Crippen LogP contribution in [0.4, 0.5) is 5.69 Å². The van der Waals surface area contributed by atoms with Crippen molar-refractivity contribution in [2.24, 2.45) is 0 Å². The van der Waals surface area contributed by atoms with Crippen LogP contribution in [0.3, 0.4) is 0 Å². The van der Waals surface area contributed by atoms with Crippen LogP contribution in [0.15, 0.2) is 60.7 Å². The van der Waals surface area contributed by atoms with Gasteiger partial charge in [-0.15, -0.1) is 0 Å². The maximum Gasteiger partial charge on any atom is 0.259 e. The number of ether oxygens (including phenoxy) is 2. The fourth-order valence-corrected chi connectivity index (χ4v) is 3.08. The summed E-state index contributed by atoms with van der Waals surface area (Å²) in [5.41, 5.74) is 0.832. The fraction of sp³-hybridized carbons (Fsp3) is 0.0500. The molecule has 0 heterocycles. The minimum Gasteiger partial charge on any atom is -0.494 e. The highest BCUT2D eigenvalue weighted by Gasteiger charge is 2.17. The van der Waals surface area contributed by atoms with Gasteiger partial charge >= 0.3 is 0 Å². The standard InChI is InChI=1S/C20H14Cl3NO3/c1-26-19-17(10-13(22)11-18(19)23)20(25)24-14-4-8-16(9-5-14)27-15-6-2-12(21)3-7-15/h2-11H,1H3,(H,24,25). The first-order valence-electron chi connectivity index (χ1n) is 7.84. The van der Waals surface area contributed by atoms with Gasteiger partial charge in [0.1, 0.15) is 17.2 Å². The van der Waals surface area contributed by atoms with E-state index in [2.05, 4.69) is 5.32 Å². The van der Waals surface area contributed by atoms with Crippen LogP contribution >= 0.6 is 34.8 Å². The molecular weight excluding hydrogens is 409 g/mol. The molecule has 0 unspecified atom stereocenters. The van der Waals surface area contributed by atoms with Crippen LogP contribution in [0.25, 0.3) is 0 Å². The number of nitrogens with one attached hydrogen (secondary N) is 1. The monoisotopic (exact) mass is 421 g/mol. The number of halogens is 3. The van der Waals surface area contributed by atoms with Gasteiger partial charge in [0.15, 0.2) is 0 Å². The molecule has 1 N–H and O–H groups in total. The predicted molar refractivity (Wildman–Crippen MR) is 109 cm³/mol. The van der Waals surface area contributed by atoms with Crippen molar-refractivity contribution in [1.82, 2.24) is 0 Å². The summed E-state index contributed by atoms with van der Waals surface area (Å²) >= 11 is 17.9. The number of carbonyl (C=O) groups is 1. The summed E-state index contributed by atoms with van der Waals surface area (Å²) < 4.78 is 10.9. The molecule has 138 valence electrons. The number of hydrogen-bond donors (Lipinski definition) is 1. The Bertz CT molecular complexity index is 957. The van der Waals surface area contributed by atoms with Gasteiger partial charge in [-0.2, -0.15) is 0 Å². The van der Waals surface area contributed by atoms with Crippen LogP contribution in [-0.4, -0.2) is 13.0 Å². The van der Waals surface area contributed by atoms with Crippen LogP contribution in [0.5, 0.6) is 17.2 Å². The van der Waals surface area contributed by atoms with Gasteiger partial charge in [-0.25, -0.2) is 0 Å². The molecule has 7 heteroatoms. The highest BCUT2D eigenvalue weighted by molar-refractivity contribution is 6.36. The number of amides is 1. The summed E-state index contributed by atoms with van der Waals surface area (Å²) in [5, 5.41) is 4.02. The molecule has 3 rings (SSSR count). The molecule has 0 radical (unpaired) electrons. The molecule has 0 aliphatic carbocycles. The first kappa shape index (κ1) is 19.4. The number of rotatable bonds is 5. The fourth-order valence-electron chi connectivity index (χ4n) is 2.38. The number of benzene rings is 3. The number of methoxy groups -OCH3 is 1. The Kier molecular flexibility index (Phi) is 6.11. The maximum absolute atomic E-state index is 12.6. The summed E-state index contributed by atoms with van der Waals surface area (Å²) in [5.74, 6) is 1.16. The third-order valence-corrected chi connectivity index (χ3v) is 4.37. The lowest BCUT2D eigenvalue weighted by Gasteiger charge is -2.12. The van der Waals surface area contributed by atoms with Gasteiger partial charge in [0.25, 0.3) is 5.91 Å². The topological polar surface area (TPSA) is 47.6 Å². The minimum absolute atomic E-state index is 0.247. The van der Waals surface area contributed by atoms with Gasteiger partial charge in [-0.1, -0.05) is 34.8 Å². The van der Waals surface area contributed by atoms with Gasteiger partial charge in [-0.05, 0) is 60.7 Å². The third-order valence-electron chi connectivity index (χ3n) is 3.62. The van der Waals surface area contributed by atoms with Gasteiger partial charge in [0.05, 0.1) is 17.7 Å². The quantitative estimate of drug-likeness (QED) is 0.497. The first-order chi connectivity index (χ1) is 13.0. The molecule has 0 atom stereocenters. The Morgan fingerprint density at radius 2 is 1.44 bits per heavy atom. The summed E-state index contributed by atoms with van der Waals surface area (Å²) in [6.45, 7) is 0. The van der Waals surface area contributed by atoms with Crippen molar-refractivity contribution in [1.29, 1.82) is 0 Å². The average Bonchev–Trinajstić information content (AvgIpc) is 2.64. The normalized spacial score (nSPS) is 10.4. The van der Waals surface area contributed by atoms with Crippen molar-refractivity contribution in [3.63, 3.8) is 0 Å². The van der Waals surface area contributed by atoms with Gasteiger partial charge in [0, 0.05) is 15.7 Å². The number of anilines is 1.